The summed E-state index contributed by atoms with van der Waals surface area (Å²) in [6.45, 7) is 3.04. The molecule has 0 aliphatic heterocycles. The van der Waals surface area contributed by atoms with Crippen molar-refractivity contribution in [2.45, 2.75) is 13.3 Å². The fraction of sp³-hybridized carbons (Fsp3) is 0.538. The fourth-order valence-electron chi connectivity index (χ4n) is 1.63. The minimum Gasteiger partial charge on any atom is -0.491 e. The average molecular weight is 286 g/mol. The summed E-state index contributed by atoms with van der Waals surface area (Å²) in [6.07, 6.45) is 2.14. The largest absolute Gasteiger partial charge is 0.491 e. The Morgan fingerprint density at radius 1 is 1.37 bits per heavy atom. The summed E-state index contributed by atoms with van der Waals surface area (Å²) in [4.78, 5) is 1.83. The molecular formula is C13H22N2O3S. The molecule has 0 fully saturated rings. The molecule has 0 spiro atoms. The van der Waals surface area contributed by atoms with Gasteiger partial charge in [0, 0.05) is 19.8 Å². The molecule has 0 aromatic heterocycles. The van der Waals surface area contributed by atoms with Crippen molar-refractivity contribution in [2.24, 2.45) is 0 Å². The van der Waals surface area contributed by atoms with E-state index in [2.05, 4.69) is 0 Å². The second-order valence-corrected chi connectivity index (χ2v) is 6.85. The Hall–Kier alpha value is -1.43. The highest BCUT2D eigenvalue weighted by Gasteiger charge is 2.12. The maximum Gasteiger partial charge on any atom is 0.149 e. The summed E-state index contributed by atoms with van der Waals surface area (Å²) in [5.41, 5.74) is 7.39. The van der Waals surface area contributed by atoms with Crippen molar-refractivity contribution in [1.82, 2.24) is 0 Å². The summed E-state index contributed by atoms with van der Waals surface area (Å²) < 4.78 is 27.9. The number of hydrogen-bond donors (Lipinski definition) is 1. The number of ether oxygens (including phenoxy) is 1. The van der Waals surface area contributed by atoms with Gasteiger partial charge in [-0.25, -0.2) is 8.42 Å². The minimum absolute atomic E-state index is 0.100. The zero-order valence-corrected chi connectivity index (χ0v) is 12.5. The summed E-state index contributed by atoms with van der Waals surface area (Å²) >= 11 is 0. The molecule has 0 aliphatic rings. The van der Waals surface area contributed by atoms with Gasteiger partial charge in [-0.1, -0.05) is 13.0 Å². The van der Waals surface area contributed by atoms with E-state index in [1.54, 1.807) is 0 Å². The smallest absolute Gasteiger partial charge is 0.149 e. The predicted octanol–water partition coefficient (Wildman–Crippen LogP) is 1.54. The fourth-order valence-corrected chi connectivity index (χ4v) is 2.23. The third-order valence-electron chi connectivity index (χ3n) is 2.71. The first-order valence-corrected chi connectivity index (χ1v) is 8.31. The van der Waals surface area contributed by atoms with Crippen LogP contribution in [0.5, 0.6) is 5.75 Å². The lowest BCUT2D eigenvalue weighted by Crippen LogP contribution is -2.25. The Morgan fingerprint density at radius 2 is 2.05 bits per heavy atom. The van der Waals surface area contributed by atoms with Crippen LogP contribution in [0.3, 0.4) is 0 Å². The SMILES string of the molecule is CCCOc1cccc(N(C)CCS(C)(=O)=O)c1N. The van der Waals surface area contributed by atoms with Crippen LogP contribution in [0.1, 0.15) is 13.3 Å². The van der Waals surface area contributed by atoms with E-state index in [1.165, 1.54) is 6.26 Å². The molecule has 0 atom stereocenters. The molecule has 1 rings (SSSR count). The summed E-state index contributed by atoms with van der Waals surface area (Å²) in [5.74, 6) is 0.744. The Morgan fingerprint density at radius 3 is 2.63 bits per heavy atom. The molecule has 0 unspecified atom stereocenters. The minimum atomic E-state index is -2.98. The zero-order valence-electron chi connectivity index (χ0n) is 11.7. The number of rotatable bonds is 7. The van der Waals surface area contributed by atoms with Crippen molar-refractivity contribution in [2.75, 3.05) is 42.8 Å². The van der Waals surface area contributed by atoms with Gasteiger partial charge in [-0.3, -0.25) is 0 Å². The molecule has 0 saturated heterocycles. The highest BCUT2D eigenvalue weighted by Crippen LogP contribution is 2.31. The normalized spacial score (nSPS) is 11.3. The topological polar surface area (TPSA) is 72.6 Å². The lowest BCUT2D eigenvalue weighted by molar-refractivity contribution is 0.319. The van der Waals surface area contributed by atoms with Gasteiger partial charge in [0.05, 0.1) is 23.7 Å². The van der Waals surface area contributed by atoms with Crippen molar-refractivity contribution in [3.8, 4) is 5.75 Å². The zero-order chi connectivity index (χ0) is 14.5. The Labute approximate surface area is 115 Å². The molecule has 0 radical (unpaired) electrons. The highest BCUT2D eigenvalue weighted by molar-refractivity contribution is 7.90. The van der Waals surface area contributed by atoms with Gasteiger partial charge in [-0.15, -0.1) is 0 Å². The molecule has 0 aliphatic carbocycles. The number of benzene rings is 1. The predicted molar refractivity (Wildman–Crippen MR) is 79.6 cm³/mol. The van der Waals surface area contributed by atoms with Crippen molar-refractivity contribution in [1.29, 1.82) is 0 Å². The molecule has 0 bridgehead atoms. The van der Waals surface area contributed by atoms with Gasteiger partial charge >= 0.3 is 0 Å². The van der Waals surface area contributed by atoms with Crippen LogP contribution in [0.25, 0.3) is 0 Å². The summed E-state index contributed by atoms with van der Waals surface area (Å²) in [7, 11) is -1.16. The molecule has 0 saturated carbocycles. The van der Waals surface area contributed by atoms with E-state index in [9.17, 15) is 8.42 Å². The van der Waals surface area contributed by atoms with Crippen LogP contribution in [-0.4, -0.2) is 40.6 Å². The Bertz CT molecular complexity index is 515. The third kappa shape index (κ3) is 4.98. The van der Waals surface area contributed by atoms with Crippen LogP contribution in [0.4, 0.5) is 11.4 Å². The van der Waals surface area contributed by atoms with E-state index < -0.39 is 9.84 Å². The number of sulfone groups is 1. The van der Waals surface area contributed by atoms with Crippen LogP contribution in [-0.2, 0) is 9.84 Å². The van der Waals surface area contributed by atoms with E-state index in [0.717, 1.165) is 12.1 Å². The Balaban J connectivity index is 2.82. The molecule has 108 valence electrons. The lowest BCUT2D eigenvalue weighted by atomic mass is 10.2. The van der Waals surface area contributed by atoms with Crippen molar-refractivity contribution < 1.29 is 13.2 Å². The van der Waals surface area contributed by atoms with Crippen LogP contribution < -0.4 is 15.4 Å². The van der Waals surface area contributed by atoms with Crippen molar-refractivity contribution >= 4 is 21.2 Å². The highest BCUT2D eigenvalue weighted by atomic mass is 32.2. The van der Waals surface area contributed by atoms with Crippen LogP contribution >= 0.6 is 0 Å². The van der Waals surface area contributed by atoms with Crippen LogP contribution in [0.15, 0.2) is 18.2 Å². The van der Waals surface area contributed by atoms with Crippen molar-refractivity contribution in [3.63, 3.8) is 0 Å². The lowest BCUT2D eigenvalue weighted by Gasteiger charge is -2.22. The van der Waals surface area contributed by atoms with Gasteiger partial charge in [0.25, 0.3) is 0 Å². The quantitative estimate of drug-likeness (QED) is 0.770. The summed E-state index contributed by atoms with van der Waals surface area (Å²) in [6, 6.07) is 5.53. The Kier molecular flexibility index (Phi) is 5.47. The number of hydrogen-bond acceptors (Lipinski definition) is 5. The van der Waals surface area contributed by atoms with E-state index >= 15 is 0 Å². The van der Waals surface area contributed by atoms with Gasteiger partial charge in [-0.2, -0.15) is 0 Å². The number of nitrogens with two attached hydrogens (primary N) is 1. The monoisotopic (exact) mass is 286 g/mol. The van der Waals surface area contributed by atoms with Crippen LogP contribution in [0.2, 0.25) is 0 Å². The molecule has 5 nitrogen and oxygen atoms in total. The number of para-hydroxylation sites is 1. The van der Waals surface area contributed by atoms with Crippen LogP contribution in [0, 0.1) is 0 Å². The first-order chi connectivity index (χ1) is 8.85. The van der Waals surface area contributed by atoms with Gasteiger partial charge in [0.15, 0.2) is 0 Å². The first-order valence-electron chi connectivity index (χ1n) is 6.25. The van der Waals surface area contributed by atoms with Gasteiger partial charge in [-0.05, 0) is 18.6 Å². The average Bonchev–Trinajstić information content (AvgIpc) is 2.34. The third-order valence-corrected chi connectivity index (χ3v) is 3.64. The summed E-state index contributed by atoms with van der Waals surface area (Å²) in [5, 5.41) is 0. The van der Waals surface area contributed by atoms with E-state index in [1.807, 2.05) is 37.1 Å². The second kappa shape index (κ2) is 6.65. The molecule has 0 amide bonds. The second-order valence-electron chi connectivity index (χ2n) is 4.59. The molecule has 1 aromatic rings. The first kappa shape index (κ1) is 15.6. The van der Waals surface area contributed by atoms with Crippen molar-refractivity contribution in [3.05, 3.63) is 18.2 Å². The van der Waals surface area contributed by atoms with E-state index in [0.29, 0.717) is 24.6 Å². The molecule has 1 aromatic carbocycles. The number of nitrogen functional groups attached to an aromatic ring is 1. The van der Waals surface area contributed by atoms with Gasteiger partial charge < -0.3 is 15.4 Å². The number of nitrogens with zero attached hydrogens (tertiary/aromatic N) is 1. The standard InChI is InChI=1S/C13H22N2O3S/c1-4-9-18-12-7-5-6-11(13(12)14)15(2)8-10-19(3,16)17/h5-7H,4,8-10,14H2,1-3H3. The van der Waals surface area contributed by atoms with Gasteiger partial charge in [0.2, 0.25) is 0 Å². The number of anilines is 2. The van der Waals surface area contributed by atoms with Gasteiger partial charge in [0.1, 0.15) is 15.6 Å². The molecule has 6 heteroatoms. The molecular weight excluding hydrogens is 264 g/mol. The van der Waals surface area contributed by atoms with E-state index in [4.69, 9.17) is 10.5 Å². The molecule has 19 heavy (non-hydrogen) atoms. The molecule has 0 heterocycles. The maximum atomic E-state index is 11.2. The maximum absolute atomic E-state index is 11.2. The van der Waals surface area contributed by atoms with E-state index in [-0.39, 0.29) is 5.75 Å². The molecule has 2 N–H and O–H groups in total.